The van der Waals surface area contributed by atoms with E-state index in [1.165, 1.54) is 0 Å². The standard InChI is InChI=1S/C35H59N5O5/c1-32(2,3)16-13-19-35(17-10-9-11-18-35)39-31(45)38-27(33(4,5)6)30(44)40-20-22-23(34(22,7)8)25(40)29(43)37-24(21-14-12-15-21)26(41)28(36)42/h21-25,27H,9-20H2,1-8H3,(H2,36,42)(H,37,43)(H2,38,39,45)/t22?,23?,24?,25-,27+/m0/s1. The quantitative estimate of drug-likeness (QED) is 0.249. The lowest BCUT2D eigenvalue weighted by Gasteiger charge is -2.41. The molecule has 5 atom stereocenters. The predicted molar refractivity (Wildman–Crippen MR) is 174 cm³/mol. The molecule has 3 aliphatic carbocycles. The Morgan fingerprint density at radius 2 is 1.53 bits per heavy atom. The topological polar surface area (TPSA) is 151 Å². The minimum Gasteiger partial charge on any atom is -0.363 e. The molecule has 3 saturated carbocycles. The van der Waals surface area contributed by atoms with E-state index in [9.17, 15) is 24.0 Å². The molecule has 0 aromatic heterocycles. The number of nitrogens with two attached hydrogens (primary N) is 1. The molecule has 5 amide bonds. The number of carbonyl (C=O) groups is 5. The lowest BCUT2D eigenvalue weighted by Crippen LogP contribution is -2.63. The largest absolute Gasteiger partial charge is 0.363 e. The summed E-state index contributed by atoms with van der Waals surface area (Å²) < 4.78 is 0. The zero-order chi connectivity index (χ0) is 33.5. The first-order chi connectivity index (χ1) is 20.8. The highest BCUT2D eigenvalue weighted by atomic mass is 16.2. The van der Waals surface area contributed by atoms with Gasteiger partial charge < -0.3 is 26.6 Å². The summed E-state index contributed by atoms with van der Waals surface area (Å²) in [6.07, 6.45) is 10.6. The molecule has 10 nitrogen and oxygen atoms in total. The van der Waals surface area contributed by atoms with Crippen molar-refractivity contribution in [3.63, 3.8) is 0 Å². The van der Waals surface area contributed by atoms with E-state index in [4.69, 9.17) is 5.73 Å². The Hall–Kier alpha value is -2.65. The van der Waals surface area contributed by atoms with Gasteiger partial charge in [-0.1, -0.05) is 87.5 Å². The van der Waals surface area contributed by atoms with Gasteiger partial charge in [0.25, 0.3) is 5.91 Å². The van der Waals surface area contributed by atoms with E-state index in [1.54, 1.807) is 4.90 Å². The third kappa shape index (κ3) is 7.84. The second kappa shape index (κ2) is 12.9. The molecule has 0 radical (unpaired) electrons. The molecule has 1 heterocycles. The highest BCUT2D eigenvalue weighted by molar-refractivity contribution is 6.38. The van der Waals surface area contributed by atoms with Gasteiger partial charge in [-0.05, 0) is 72.5 Å². The Kier molecular flexibility index (Phi) is 10.1. The van der Waals surface area contributed by atoms with Crippen LogP contribution in [0, 0.1) is 34.0 Å². The van der Waals surface area contributed by atoms with E-state index >= 15 is 0 Å². The van der Waals surface area contributed by atoms with Crippen molar-refractivity contribution >= 4 is 29.5 Å². The monoisotopic (exact) mass is 629 g/mol. The second-order valence-corrected chi connectivity index (χ2v) is 17.4. The van der Waals surface area contributed by atoms with E-state index in [-0.39, 0.29) is 46.1 Å². The van der Waals surface area contributed by atoms with Gasteiger partial charge in [0.05, 0.1) is 0 Å². The highest BCUT2D eigenvalue weighted by Crippen LogP contribution is 2.65. The molecule has 4 fully saturated rings. The molecule has 45 heavy (non-hydrogen) atoms. The SMILES string of the molecule is CC(C)(C)CCCC1(NC(=O)N[C@H](C(=O)N2CC3C([C@H]2C(=O)NC(C(=O)C(N)=O)C2CCC2)C3(C)C)C(C)(C)C)CCCCC1. The smallest absolute Gasteiger partial charge is 0.315 e. The molecule has 10 heteroatoms. The van der Waals surface area contributed by atoms with Crippen molar-refractivity contribution in [2.24, 2.45) is 39.7 Å². The second-order valence-electron chi connectivity index (χ2n) is 17.4. The van der Waals surface area contributed by atoms with Crippen LogP contribution in [0.1, 0.15) is 126 Å². The number of ketones is 1. The Bertz CT molecular complexity index is 1160. The maximum Gasteiger partial charge on any atom is 0.315 e. The van der Waals surface area contributed by atoms with Crippen molar-refractivity contribution in [2.45, 2.75) is 150 Å². The summed E-state index contributed by atoms with van der Waals surface area (Å²) in [5, 5.41) is 9.22. The van der Waals surface area contributed by atoms with Gasteiger partial charge in [-0.2, -0.15) is 0 Å². The summed E-state index contributed by atoms with van der Waals surface area (Å²) in [5.41, 5.74) is 4.51. The van der Waals surface area contributed by atoms with Gasteiger partial charge in [0, 0.05) is 12.1 Å². The summed E-state index contributed by atoms with van der Waals surface area (Å²) in [6, 6.07) is -2.98. The molecule has 4 aliphatic rings. The van der Waals surface area contributed by atoms with E-state index in [1.807, 2.05) is 20.8 Å². The van der Waals surface area contributed by atoms with Crippen LogP contribution in [0.2, 0.25) is 0 Å². The van der Waals surface area contributed by atoms with Crippen LogP contribution in [0.3, 0.4) is 0 Å². The van der Waals surface area contributed by atoms with Gasteiger partial charge in [-0.15, -0.1) is 0 Å². The minimum atomic E-state index is -1.06. The molecule has 0 aromatic rings. The molecule has 3 unspecified atom stereocenters. The number of piperidine rings is 1. The van der Waals surface area contributed by atoms with E-state index < -0.39 is 41.1 Å². The maximum absolute atomic E-state index is 14.4. The van der Waals surface area contributed by atoms with Crippen LogP contribution >= 0.6 is 0 Å². The molecule has 1 saturated heterocycles. The van der Waals surface area contributed by atoms with Gasteiger partial charge in [0.15, 0.2) is 0 Å². The first kappa shape index (κ1) is 35.2. The number of likely N-dealkylation sites (tertiary alicyclic amines) is 1. The first-order valence-electron chi connectivity index (χ1n) is 17.3. The van der Waals surface area contributed by atoms with Gasteiger partial charge in [0.2, 0.25) is 17.6 Å². The highest BCUT2D eigenvalue weighted by Gasteiger charge is 2.70. The van der Waals surface area contributed by atoms with Crippen molar-refractivity contribution in [1.29, 1.82) is 0 Å². The Labute approximate surface area is 270 Å². The molecule has 1 aliphatic heterocycles. The molecular weight excluding hydrogens is 570 g/mol. The zero-order valence-corrected chi connectivity index (χ0v) is 29.0. The van der Waals surface area contributed by atoms with Crippen molar-refractivity contribution in [3.8, 4) is 0 Å². The Morgan fingerprint density at radius 1 is 0.911 bits per heavy atom. The summed E-state index contributed by atoms with van der Waals surface area (Å²) in [4.78, 5) is 68.1. The number of carbonyl (C=O) groups excluding carboxylic acids is 5. The zero-order valence-electron chi connectivity index (χ0n) is 29.0. The fraction of sp³-hybridized carbons (Fsp3) is 0.857. The third-order valence-corrected chi connectivity index (χ3v) is 11.4. The minimum absolute atomic E-state index is 0.0741. The van der Waals surface area contributed by atoms with E-state index in [0.717, 1.165) is 70.6 Å². The van der Waals surface area contributed by atoms with Crippen molar-refractivity contribution < 1.29 is 24.0 Å². The van der Waals surface area contributed by atoms with Crippen LogP contribution in [0.4, 0.5) is 4.79 Å². The number of amides is 5. The summed E-state index contributed by atoms with van der Waals surface area (Å²) in [6.45, 7) is 17.1. The molecule has 0 aromatic carbocycles. The molecule has 0 spiro atoms. The average Bonchev–Trinajstić information content (AvgIpc) is 3.21. The molecule has 5 N–H and O–H groups in total. The number of hydrogen-bond donors (Lipinski definition) is 4. The van der Waals surface area contributed by atoms with Gasteiger partial charge in [-0.3, -0.25) is 19.2 Å². The number of nitrogens with zero attached hydrogens (tertiary/aromatic N) is 1. The first-order valence-corrected chi connectivity index (χ1v) is 17.3. The fourth-order valence-corrected chi connectivity index (χ4v) is 8.22. The van der Waals surface area contributed by atoms with Gasteiger partial charge >= 0.3 is 6.03 Å². The summed E-state index contributed by atoms with van der Waals surface area (Å²) in [7, 11) is 0. The van der Waals surface area contributed by atoms with Crippen LogP contribution in [0.15, 0.2) is 0 Å². The number of nitrogens with one attached hydrogen (secondary N) is 3. The van der Waals surface area contributed by atoms with Crippen molar-refractivity contribution in [2.75, 3.05) is 6.54 Å². The van der Waals surface area contributed by atoms with Crippen LogP contribution in [-0.4, -0.2) is 64.6 Å². The number of rotatable bonds is 11. The molecular formula is C35H59N5O5. The Morgan fingerprint density at radius 3 is 2.04 bits per heavy atom. The van der Waals surface area contributed by atoms with Gasteiger partial charge in [0.1, 0.15) is 18.1 Å². The number of urea groups is 1. The lowest BCUT2D eigenvalue weighted by molar-refractivity contribution is -0.145. The van der Waals surface area contributed by atoms with Crippen molar-refractivity contribution in [3.05, 3.63) is 0 Å². The third-order valence-electron chi connectivity index (χ3n) is 11.4. The number of Topliss-reactive ketones (excluding diaryl/α,β-unsaturated/α-hetero) is 1. The lowest BCUT2D eigenvalue weighted by atomic mass is 9.76. The maximum atomic E-state index is 14.4. The normalized spacial score (nSPS) is 26.9. The van der Waals surface area contributed by atoms with Crippen LogP contribution < -0.4 is 21.7 Å². The number of primary amides is 1. The molecule has 254 valence electrons. The van der Waals surface area contributed by atoms with Crippen molar-refractivity contribution in [1.82, 2.24) is 20.9 Å². The Balaban J connectivity index is 1.51. The van der Waals surface area contributed by atoms with Crippen LogP contribution in [-0.2, 0) is 19.2 Å². The molecule has 4 rings (SSSR count). The summed E-state index contributed by atoms with van der Waals surface area (Å²) in [5.74, 6) is -2.65. The predicted octanol–water partition coefficient (Wildman–Crippen LogP) is 4.44. The average molecular weight is 630 g/mol. The van der Waals surface area contributed by atoms with Gasteiger partial charge in [-0.25, -0.2) is 4.79 Å². The van der Waals surface area contributed by atoms with E-state index in [0.29, 0.717) is 6.54 Å². The summed E-state index contributed by atoms with van der Waals surface area (Å²) >= 11 is 0. The number of hydrogen-bond acceptors (Lipinski definition) is 5. The van der Waals surface area contributed by atoms with Crippen LogP contribution in [0.25, 0.3) is 0 Å². The van der Waals surface area contributed by atoms with Crippen LogP contribution in [0.5, 0.6) is 0 Å². The number of fused-ring (bicyclic) bond motifs is 1. The van der Waals surface area contributed by atoms with E-state index in [2.05, 4.69) is 50.6 Å². The molecule has 0 bridgehead atoms. The fourth-order valence-electron chi connectivity index (χ4n) is 8.22.